The summed E-state index contributed by atoms with van der Waals surface area (Å²) in [7, 11) is 0. The SMILES string of the molecule is CC(C)(C)c1ccccc1Nc1nc(-c2ccccc2)cc(N2CCOCC2)n1. The Kier molecular flexibility index (Phi) is 5.49. The maximum Gasteiger partial charge on any atom is 0.229 e. The monoisotopic (exact) mass is 388 g/mol. The highest BCUT2D eigenvalue weighted by atomic mass is 16.5. The molecule has 150 valence electrons. The van der Waals surface area contributed by atoms with Gasteiger partial charge in [0.25, 0.3) is 0 Å². The highest BCUT2D eigenvalue weighted by molar-refractivity contribution is 5.68. The fourth-order valence-electron chi connectivity index (χ4n) is 3.57. The van der Waals surface area contributed by atoms with Crippen LogP contribution in [0.25, 0.3) is 11.3 Å². The third-order valence-corrected chi connectivity index (χ3v) is 5.10. The summed E-state index contributed by atoms with van der Waals surface area (Å²) in [6.07, 6.45) is 0. The van der Waals surface area contributed by atoms with E-state index in [1.807, 2.05) is 24.3 Å². The van der Waals surface area contributed by atoms with Crippen molar-refractivity contribution < 1.29 is 4.74 Å². The molecule has 1 fully saturated rings. The van der Waals surface area contributed by atoms with E-state index in [4.69, 9.17) is 14.7 Å². The molecular formula is C24H28N4O. The van der Waals surface area contributed by atoms with E-state index >= 15 is 0 Å². The highest BCUT2D eigenvalue weighted by Gasteiger charge is 2.19. The van der Waals surface area contributed by atoms with Crippen LogP contribution in [0.3, 0.4) is 0 Å². The lowest BCUT2D eigenvalue weighted by atomic mass is 9.86. The third kappa shape index (κ3) is 4.57. The van der Waals surface area contributed by atoms with E-state index in [2.05, 4.69) is 67.4 Å². The van der Waals surface area contributed by atoms with Gasteiger partial charge in [-0.2, -0.15) is 4.98 Å². The van der Waals surface area contributed by atoms with Crippen molar-refractivity contribution in [1.82, 2.24) is 9.97 Å². The number of rotatable bonds is 4. The number of ether oxygens (including phenoxy) is 1. The molecule has 5 nitrogen and oxygen atoms in total. The molecule has 1 saturated heterocycles. The van der Waals surface area contributed by atoms with Gasteiger partial charge in [-0.25, -0.2) is 4.98 Å². The molecule has 5 heteroatoms. The van der Waals surface area contributed by atoms with E-state index in [-0.39, 0.29) is 5.41 Å². The van der Waals surface area contributed by atoms with Crippen molar-refractivity contribution >= 4 is 17.5 Å². The normalized spacial score (nSPS) is 14.7. The van der Waals surface area contributed by atoms with Gasteiger partial charge >= 0.3 is 0 Å². The van der Waals surface area contributed by atoms with Gasteiger partial charge in [0, 0.05) is 30.4 Å². The molecule has 4 rings (SSSR count). The molecule has 1 aliphatic heterocycles. The smallest absolute Gasteiger partial charge is 0.229 e. The van der Waals surface area contributed by atoms with Gasteiger partial charge in [0.05, 0.1) is 18.9 Å². The van der Waals surface area contributed by atoms with Crippen molar-refractivity contribution in [3.63, 3.8) is 0 Å². The first-order chi connectivity index (χ1) is 14.0. The predicted octanol–water partition coefficient (Wildman–Crippen LogP) is 5.02. The first-order valence-electron chi connectivity index (χ1n) is 10.1. The van der Waals surface area contributed by atoms with Crippen LogP contribution in [-0.2, 0) is 10.2 Å². The molecule has 0 bridgehead atoms. The van der Waals surface area contributed by atoms with Gasteiger partial charge < -0.3 is 15.0 Å². The molecule has 1 aromatic heterocycles. The lowest BCUT2D eigenvalue weighted by Crippen LogP contribution is -2.36. The van der Waals surface area contributed by atoms with Gasteiger partial charge in [-0.3, -0.25) is 0 Å². The summed E-state index contributed by atoms with van der Waals surface area (Å²) in [5.74, 6) is 1.54. The van der Waals surface area contributed by atoms with Crippen LogP contribution in [0.5, 0.6) is 0 Å². The van der Waals surface area contributed by atoms with Gasteiger partial charge in [0.2, 0.25) is 5.95 Å². The van der Waals surface area contributed by atoms with Gasteiger partial charge in [-0.15, -0.1) is 0 Å². The zero-order chi connectivity index (χ0) is 20.3. The lowest BCUT2D eigenvalue weighted by molar-refractivity contribution is 0.122. The van der Waals surface area contributed by atoms with Gasteiger partial charge in [0.15, 0.2) is 0 Å². The standard InChI is InChI=1S/C24H28N4O/c1-24(2,3)19-11-7-8-12-20(19)25-23-26-21(18-9-5-4-6-10-18)17-22(27-23)28-13-15-29-16-14-28/h4-12,17H,13-16H2,1-3H3,(H,25,26,27). The minimum atomic E-state index is 0.0215. The fourth-order valence-corrected chi connectivity index (χ4v) is 3.57. The van der Waals surface area contributed by atoms with Crippen molar-refractivity contribution in [2.45, 2.75) is 26.2 Å². The minimum Gasteiger partial charge on any atom is -0.378 e. The first kappa shape index (κ1) is 19.4. The zero-order valence-corrected chi connectivity index (χ0v) is 17.4. The summed E-state index contributed by atoms with van der Waals surface area (Å²) in [5, 5.41) is 3.49. The van der Waals surface area contributed by atoms with Crippen molar-refractivity contribution in [2.24, 2.45) is 0 Å². The molecule has 0 atom stereocenters. The van der Waals surface area contributed by atoms with Crippen LogP contribution in [0.1, 0.15) is 26.3 Å². The summed E-state index contributed by atoms with van der Waals surface area (Å²) >= 11 is 0. The van der Waals surface area contributed by atoms with E-state index in [1.54, 1.807) is 0 Å². The fraction of sp³-hybridized carbons (Fsp3) is 0.333. The number of nitrogens with one attached hydrogen (secondary N) is 1. The van der Waals surface area contributed by atoms with Crippen molar-refractivity contribution in [1.29, 1.82) is 0 Å². The molecule has 1 aliphatic rings. The number of hydrogen-bond acceptors (Lipinski definition) is 5. The Hall–Kier alpha value is -2.92. The number of benzene rings is 2. The molecule has 0 saturated carbocycles. The topological polar surface area (TPSA) is 50.3 Å². The Labute approximate surface area is 172 Å². The van der Waals surface area contributed by atoms with Gasteiger partial charge in [-0.1, -0.05) is 69.3 Å². The average Bonchev–Trinajstić information content (AvgIpc) is 2.74. The molecule has 2 aromatic carbocycles. The van der Waals surface area contributed by atoms with Crippen LogP contribution in [0, 0.1) is 0 Å². The summed E-state index contributed by atoms with van der Waals surface area (Å²) in [6, 6.07) is 20.7. The third-order valence-electron chi connectivity index (χ3n) is 5.10. The number of hydrogen-bond donors (Lipinski definition) is 1. The van der Waals surface area contributed by atoms with Crippen LogP contribution in [0.15, 0.2) is 60.7 Å². The molecule has 3 aromatic rings. The van der Waals surface area contributed by atoms with E-state index in [9.17, 15) is 0 Å². The Morgan fingerprint density at radius 1 is 0.897 bits per heavy atom. The van der Waals surface area contributed by atoms with Crippen LogP contribution in [-0.4, -0.2) is 36.3 Å². The molecular weight excluding hydrogens is 360 g/mol. The molecule has 0 unspecified atom stereocenters. The largest absolute Gasteiger partial charge is 0.378 e. The molecule has 0 amide bonds. The average molecular weight is 389 g/mol. The summed E-state index contributed by atoms with van der Waals surface area (Å²) in [6.45, 7) is 9.77. The number of anilines is 3. The second-order valence-corrected chi connectivity index (χ2v) is 8.32. The molecule has 0 aliphatic carbocycles. The van der Waals surface area contributed by atoms with Crippen LogP contribution >= 0.6 is 0 Å². The van der Waals surface area contributed by atoms with E-state index < -0.39 is 0 Å². The van der Waals surface area contributed by atoms with Gasteiger partial charge in [0.1, 0.15) is 5.82 Å². The Morgan fingerprint density at radius 2 is 1.59 bits per heavy atom. The Bertz CT molecular complexity index is 960. The molecule has 0 spiro atoms. The van der Waals surface area contributed by atoms with E-state index in [0.717, 1.165) is 49.1 Å². The summed E-state index contributed by atoms with van der Waals surface area (Å²) in [4.78, 5) is 11.9. The van der Waals surface area contributed by atoms with Crippen LogP contribution in [0.2, 0.25) is 0 Å². The van der Waals surface area contributed by atoms with Crippen molar-refractivity contribution in [3.05, 3.63) is 66.2 Å². The number of para-hydroxylation sites is 1. The minimum absolute atomic E-state index is 0.0215. The van der Waals surface area contributed by atoms with E-state index in [1.165, 1.54) is 5.56 Å². The predicted molar refractivity (Wildman–Crippen MR) is 119 cm³/mol. The maximum absolute atomic E-state index is 5.51. The Balaban J connectivity index is 1.75. The number of nitrogens with zero attached hydrogens (tertiary/aromatic N) is 3. The quantitative estimate of drug-likeness (QED) is 0.680. The summed E-state index contributed by atoms with van der Waals surface area (Å²) in [5.41, 5.74) is 4.29. The zero-order valence-electron chi connectivity index (χ0n) is 17.4. The number of morpholine rings is 1. The molecule has 2 heterocycles. The molecule has 1 N–H and O–H groups in total. The van der Waals surface area contributed by atoms with E-state index in [0.29, 0.717) is 5.95 Å². The lowest BCUT2D eigenvalue weighted by Gasteiger charge is -2.28. The maximum atomic E-state index is 5.51. The highest BCUT2D eigenvalue weighted by Crippen LogP contribution is 2.32. The Morgan fingerprint density at radius 3 is 2.31 bits per heavy atom. The first-order valence-corrected chi connectivity index (χ1v) is 10.1. The second kappa shape index (κ2) is 8.21. The van der Waals surface area contributed by atoms with Crippen LogP contribution < -0.4 is 10.2 Å². The van der Waals surface area contributed by atoms with Crippen molar-refractivity contribution in [3.8, 4) is 11.3 Å². The second-order valence-electron chi connectivity index (χ2n) is 8.32. The molecule has 29 heavy (non-hydrogen) atoms. The van der Waals surface area contributed by atoms with Gasteiger partial charge in [-0.05, 0) is 17.0 Å². The number of aromatic nitrogens is 2. The summed E-state index contributed by atoms with van der Waals surface area (Å²) < 4.78 is 5.51. The van der Waals surface area contributed by atoms with Crippen molar-refractivity contribution in [2.75, 3.05) is 36.5 Å². The van der Waals surface area contributed by atoms with Crippen LogP contribution in [0.4, 0.5) is 17.5 Å². The molecule has 0 radical (unpaired) electrons.